The molecule has 7 aromatic rings. The zero-order valence-electron chi connectivity index (χ0n) is 14.0. The quantitative estimate of drug-likeness (QED) is 0.279. The van der Waals surface area contributed by atoms with Gasteiger partial charge in [0.15, 0.2) is 0 Å². The van der Waals surface area contributed by atoms with Crippen molar-refractivity contribution in [3.05, 3.63) is 81.5 Å². The van der Waals surface area contributed by atoms with Gasteiger partial charge in [0, 0.05) is 0 Å². The lowest BCUT2D eigenvalue weighted by atomic mass is 9.84. The Morgan fingerprint density at radius 1 is 0.444 bits per heavy atom. The highest BCUT2D eigenvalue weighted by molar-refractivity contribution is 6.44. The summed E-state index contributed by atoms with van der Waals surface area (Å²) in [7, 11) is 0. The van der Waals surface area contributed by atoms with Gasteiger partial charge in [0.1, 0.15) is 0 Å². The Balaban J connectivity index is 2.09. The number of hydrogen-bond acceptors (Lipinski definition) is 3. The fourth-order valence-corrected chi connectivity index (χ4v) is 5.02. The zero-order valence-corrected chi connectivity index (χ0v) is 14.0. The third kappa shape index (κ3) is 1.35. The molecule has 0 saturated heterocycles. The Labute approximate surface area is 151 Å². The molecule has 1 aromatic heterocycles. The van der Waals surface area contributed by atoms with E-state index >= 15 is 0 Å². The molecule has 0 radical (unpaired) electrons. The van der Waals surface area contributed by atoms with Crippen molar-refractivity contribution in [2.24, 2.45) is 0 Å². The van der Waals surface area contributed by atoms with E-state index in [1.807, 2.05) is 24.3 Å². The summed E-state index contributed by atoms with van der Waals surface area (Å²) in [5.41, 5.74) is -1.10. The molecule has 27 heavy (non-hydrogen) atoms. The van der Waals surface area contributed by atoms with Crippen molar-refractivity contribution in [1.29, 1.82) is 0 Å². The Morgan fingerprint density at radius 2 is 0.926 bits per heavy atom. The number of rotatable bonds is 0. The molecule has 0 aliphatic carbocycles. The maximum Gasteiger partial charge on any atom is 0.347 e. The average Bonchev–Trinajstić information content (AvgIpc) is 3.00. The minimum absolute atomic E-state index is 0.401. The van der Waals surface area contributed by atoms with Crippen LogP contribution in [0.2, 0.25) is 0 Å². The Bertz CT molecular complexity index is 1680. The van der Waals surface area contributed by atoms with Gasteiger partial charge in [-0.15, -0.1) is 0 Å². The van der Waals surface area contributed by atoms with Crippen LogP contribution in [0.4, 0.5) is 0 Å². The van der Waals surface area contributed by atoms with Crippen LogP contribution in [0.5, 0.6) is 0 Å². The highest BCUT2D eigenvalue weighted by Gasteiger charge is 2.23. The Morgan fingerprint density at radius 3 is 1.41 bits per heavy atom. The fourth-order valence-electron chi connectivity index (χ4n) is 5.02. The lowest BCUT2D eigenvalue weighted by Crippen LogP contribution is -1.96. The summed E-state index contributed by atoms with van der Waals surface area (Å²) in [5, 5.41) is 11.4. The molecule has 0 fully saturated rings. The van der Waals surface area contributed by atoms with Gasteiger partial charge in [-0.3, -0.25) is 0 Å². The number of fused-ring (bicyclic) bond motifs is 4. The normalized spacial score (nSPS) is 12.7. The zero-order chi connectivity index (χ0) is 17.9. The lowest BCUT2D eigenvalue weighted by molar-refractivity contribution is 0.500. The molecule has 0 bridgehead atoms. The van der Waals surface area contributed by atoms with Gasteiger partial charge in [0.25, 0.3) is 0 Å². The van der Waals surface area contributed by atoms with Crippen molar-refractivity contribution in [3.63, 3.8) is 0 Å². The predicted octanol–water partition coefficient (Wildman–Crippen LogP) is 5.23. The summed E-state index contributed by atoms with van der Waals surface area (Å²) in [6.07, 6.45) is 0. The third-order valence-electron chi connectivity index (χ3n) is 6.01. The molecule has 3 heteroatoms. The van der Waals surface area contributed by atoms with Crippen molar-refractivity contribution in [2.75, 3.05) is 0 Å². The largest absolute Gasteiger partial charge is 0.386 e. The van der Waals surface area contributed by atoms with Crippen LogP contribution in [0.25, 0.3) is 64.6 Å². The summed E-state index contributed by atoms with van der Waals surface area (Å²) >= 11 is 0. The van der Waals surface area contributed by atoms with Crippen LogP contribution in [-0.2, 0) is 0 Å². The van der Waals surface area contributed by atoms with E-state index in [2.05, 4.69) is 36.4 Å². The van der Waals surface area contributed by atoms with Crippen LogP contribution in [0.15, 0.2) is 74.7 Å². The smallest absolute Gasteiger partial charge is 0.347 e. The summed E-state index contributed by atoms with van der Waals surface area (Å²) in [6, 6.07) is 20.5. The molecule has 0 saturated carbocycles. The van der Waals surface area contributed by atoms with Crippen LogP contribution < -0.4 is 11.3 Å². The fraction of sp³-hybridized carbons (Fsp3) is 0. The molecule has 124 valence electrons. The van der Waals surface area contributed by atoms with Gasteiger partial charge in [-0.05, 0) is 53.9 Å². The molecule has 1 heterocycles. The molecule has 0 atom stereocenters. The molecule has 0 aliphatic rings. The van der Waals surface area contributed by atoms with Gasteiger partial charge in [-0.1, -0.05) is 60.7 Å². The molecule has 3 nitrogen and oxygen atoms in total. The van der Waals surface area contributed by atoms with Crippen LogP contribution in [0, 0.1) is 0 Å². The van der Waals surface area contributed by atoms with E-state index in [4.69, 9.17) is 4.42 Å². The maximum absolute atomic E-state index is 12.5. The monoisotopic (exact) mass is 346 g/mol. The molecule has 6 aromatic carbocycles. The molecule has 0 unspecified atom stereocenters. The van der Waals surface area contributed by atoms with Crippen molar-refractivity contribution in [3.8, 4) is 0 Å². The minimum Gasteiger partial charge on any atom is -0.386 e. The lowest BCUT2D eigenvalue weighted by Gasteiger charge is -2.18. The van der Waals surface area contributed by atoms with E-state index in [9.17, 15) is 9.59 Å². The van der Waals surface area contributed by atoms with Crippen LogP contribution in [-0.4, -0.2) is 0 Å². The first kappa shape index (κ1) is 13.5. The van der Waals surface area contributed by atoms with Crippen molar-refractivity contribution >= 4 is 64.6 Å². The Hall–Kier alpha value is -3.72. The molecular formula is C24H10O3. The van der Waals surface area contributed by atoms with Crippen molar-refractivity contribution < 1.29 is 4.42 Å². The van der Waals surface area contributed by atoms with Crippen LogP contribution >= 0.6 is 0 Å². The highest BCUT2D eigenvalue weighted by atomic mass is 16.4. The number of furan rings is 1. The van der Waals surface area contributed by atoms with Crippen LogP contribution in [0.3, 0.4) is 0 Å². The summed E-state index contributed by atoms with van der Waals surface area (Å²) in [4.78, 5) is 25.0. The topological polar surface area (TPSA) is 47.3 Å². The number of benzene rings is 6. The molecular weight excluding hydrogens is 336 g/mol. The van der Waals surface area contributed by atoms with E-state index in [1.54, 1.807) is 0 Å². The molecule has 0 aliphatic heterocycles. The van der Waals surface area contributed by atoms with Gasteiger partial charge in [0.2, 0.25) is 0 Å². The van der Waals surface area contributed by atoms with Gasteiger partial charge >= 0.3 is 11.3 Å². The van der Waals surface area contributed by atoms with E-state index in [0.29, 0.717) is 10.8 Å². The van der Waals surface area contributed by atoms with E-state index in [-0.39, 0.29) is 0 Å². The van der Waals surface area contributed by atoms with E-state index in [0.717, 1.165) is 43.1 Å². The van der Waals surface area contributed by atoms with E-state index < -0.39 is 11.3 Å². The second-order valence-corrected chi connectivity index (χ2v) is 7.21. The van der Waals surface area contributed by atoms with Gasteiger partial charge in [-0.2, -0.15) is 0 Å². The average molecular weight is 346 g/mol. The minimum atomic E-state index is -0.548. The third-order valence-corrected chi connectivity index (χ3v) is 6.01. The number of hydrogen-bond donors (Lipinski definition) is 0. The van der Waals surface area contributed by atoms with Gasteiger partial charge < -0.3 is 4.42 Å². The molecule has 0 N–H and O–H groups in total. The van der Waals surface area contributed by atoms with Gasteiger partial charge in [0.05, 0.1) is 10.8 Å². The van der Waals surface area contributed by atoms with Gasteiger partial charge in [-0.25, -0.2) is 9.59 Å². The first-order chi connectivity index (χ1) is 13.2. The predicted molar refractivity (Wildman–Crippen MR) is 110 cm³/mol. The second-order valence-electron chi connectivity index (χ2n) is 7.21. The highest BCUT2D eigenvalue weighted by Crippen LogP contribution is 2.46. The molecule has 0 amide bonds. The summed E-state index contributed by atoms with van der Waals surface area (Å²) in [5.74, 6) is 0. The first-order valence-corrected chi connectivity index (χ1v) is 8.88. The SMILES string of the molecule is O=c1oc(=O)c2c3ccc4cccc5c6cccc7ccc(c12)c(c76)c3c45. The van der Waals surface area contributed by atoms with Crippen molar-refractivity contribution in [2.45, 2.75) is 0 Å². The molecule has 7 rings (SSSR count). The summed E-state index contributed by atoms with van der Waals surface area (Å²) < 4.78 is 5.01. The van der Waals surface area contributed by atoms with Crippen LogP contribution in [0.1, 0.15) is 0 Å². The second kappa shape index (κ2) is 4.15. The standard InChI is InChI=1S/C24H10O3/c25-23-21-15-9-7-11-3-1-5-13-14-6-2-4-12-8-10-16(22(21)24(26)27-23)20(18(12)14)19(15)17(11)13/h1-10H. The van der Waals surface area contributed by atoms with E-state index in [1.165, 1.54) is 10.8 Å². The van der Waals surface area contributed by atoms with Crippen molar-refractivity contribution in [1.82, 2.24) is 0 Å². The maximum atomic E-state index is 12.5. The summed E-state index contributed by atoms with van der Waals surface area (Å²) in [6.45, 7) is 0. The first-order valence-electron chi connectivity index (χ1n) is 8.88. The molecule has 0 spiro atoms. The Kier molecular flexibility index (Phi) is 2.07.